The molecule has 0 saturated carbocycles. The van der Waals surface area contributed by atoms with Gasteiger partial charge < -0.3 is 10.7 Å². The fourth-order valence-electron chi connectivity index (χ4n) is 0.601. The van der Waals surface area contributed by atoms with E-state index in [2.05, 4.69) is 5.32 Å². The molecule has 2 nitrogen and oxygen atoms in total. The molecule has 46 valence electrons. The molecule has 0 unspecified atom stereocenters. The summed E-state index contributed by atoms with van der Waals surface area (Å²) in [6.07, 6.45) is 10.5. The predicted molar refractivity (Wildman–Crippen MR) is 38.3 cm³/mol. The Balaban J connectivity index is 2.65. The molecule has 0 atom stereocenters. The molecule has 0 radical (unpaired) electrons. The minimum absolute atomic E-state index is 0.951. The van der Waals surface area contributed by atoms with Crippen LogP contribution < -0.4 is 5.32 Å². The van der Waals surface area contributed by atoms with Gasteiger partial charge in [0.2, 0.25) is 0 Å². The van der Waals surface area contributed by atoms with Gasteiger partial charge in [0.05, 0.1) is 0 Å². The van der Waals surface area contributed by atoms with Gasteiger partial charge in [-0.05, 0) is 18.2 Å². The highest BCUT2D eigenvalue weighted by atomic mass is 14.8. The second-order valence-electron chi connectivity index (χ2n) is 1.65. The lowest BCUT2D eigenvalue weighted by Crippen LogP contribution is -2.04. The Hall–Kier alpha value is -1.31. The second kappa shape index (κ2) is 2.87. The van der Waals surface area contributed by atoms with Gasteiger partial charge in [0, 0.05) is 18.1 Å². The summed E-state index contributed by atoms with van der Waals surface area (Å²) in [5, 5.41) is 9.70. The zero-order chi connectivity index (χ0) is 6.53. The SMILES string of the molecule is N=C/C=C1/C=CC=CN1. The van der Waals surface area contributed by atoms with E-state index in [0.717, 1.165) is 5.70 Å². The van der Waals surface area contributed by atoms with Crippen LogP contribution in [0.4, 0.5) is 0 Å². The van der Waals surface area contributed by atoms with Gasteiger partial charge >= 0.3 is 0 Å². The minimum atomic E-state index is 0.951. The molecule has 2 N–H and O–H groups in total. The van der Waals surface area contributed by atoms with Crippen LogP contribution in [-0.4, -0.2) is 6.21 Å². The second-order valence-corrected chi connectivity index (χ2v) is 1.65. The summed E-state index contributed by atoms with van der Waals surface area (Å²) in [5.41, 5.74) is 0.951. The van der Waals surface area contributed by atoms with Crippen molar-refractivity contribution in [2.75, 3.05) is 0 Å². The quantitative estimate of drug-likeness (QED) is 0.501. The van der Waals surface area contributed by atoms with Crippen LogP contribution in [-0.2, 0) is 0 Å². The zero-order valence-electron chi connectivity index (χ0n) is 4.96. The van der Waals surface area contributed by atoms with Gasteiger partial charge in [-0.15, -0.1) is 0 Å². The summed E-state index contributed by atoms with van der Waals surface area (Å²) >= 11 is 0. The summed E-state index contributed by atoms with van der Waals surface area (Å²) in [6, 6.07) is 0. The third-order valence-electron chi connectivity index (χ3n) is 0.996. The summed E-state index contributed by atoms with van der Waals surface area (Å²) in [6.45, 7) is 0. The lowest BCUT2D eigenvalue weighted by molar-refractivity contribution is 1.10. The van der Waals surface area contributed by atoms with Crippen molar-refractivity contribution in [1.82, 2.24) is 5.32 Å². The first-order valence-corrected chi connectivity index (χ1v) is 2.74. The third kappa shape index (κ3) is 1.57. The topological polar surface area (TPSA) is 35.9 Å². The fraction of sp³-hybridized carbons (Fsp3) is 0. The van der Waals surface area contributed by atoms with Gasteiger partial charge in [0.25, 0.3) is 0 Å². The number of allylic oxidation sites excluding steroid dienone is 4. The molecule has 1 rings (SSSR count). The molecule has 0 aliphatic carbocycles. The van der Waals surface area contributed by atoms with Crippen molar-refractivity contribution in [3.63, 3.8) is 0 Å². The summed E-state index contributed by atoms with van der Waals surface area (Å²) in [5.74, 6) is 0. The third-order valence-corrected chi connectivity index (χ3v) is 0.996. The van der Waals surface area contributed by atoms with E-state index in [4.69, 9.17) is 5.41 Å². The molecule has 0 aromatic carbocycles. The first-order valence-electron chi connectivity index (χ1n) is 2.74. The van der Waals surface area contributed by atoms with Crippen molar-refractivity contribution in [1.29, 1.82) is 5.41 Å². The molecule has 0 saturated heterocycles. The van der Waals surface area contributed by atoms with Gasteiger partial charge in [-0.2, -0.15) is 0 Å². The molecule has 0 aromatic heterocycles. The van der Waals surface area contributed by atoms with E-state index in [0.29, 0.717) is 0 Å². The highest BCUT2D eigenvalue weighted by Gasteiger charge is 1.86. The molecule has 0 bridgehead atoms. The lowest BCUT2D eigenvalue weighted by atomic mass is 10.3. The van der Waals surface area contributed by atoms with Gasteiger partial charge in [0.15, 0.2) is 0 Å². The average Bonchev–Trinajstić information content (AvgIpc) is 1.91. The molecule has 0 spiro atoms. The number of rotatable bonds is 1. The zero-order valence-corrected chi connectivity index (χ0v) is 4.96. The Bertz CT molecular complexity index is 187. The molecule has 0 amide bonds. The van der Waals surface area contributed by atoms with Crippen LogP contribution in [0.3, 0.4) is 0 Å². The number of hydrogen-bond acceptors (Lipinski definition) is 2. The molecular formula is C7H8N2. The normalized spacial score (nSPS) is 19.8. The van der Waals surface area contributed by atoms with Crippen LogP contribution >= 0.6 is 0 Å². The Kier molecular flexibility index (Phi) is 1.85. The number of dihydropyridines is 1. The summed E-state index contributed by atoms with van der Waals surface area (Å²) < 4.78 is 0. The number of hydrogen-bond donors (Lipinski definition) is 2. The monoisotopic (exact) mass is 120 g/mol. The van der Waals surface area contributed by atoms with Crippen molar-refractivity contribution >= 4 is 6.21 Å². The Morgan fingerprint density at radius 1 is 1.44 bits per heavy atom. The molecule has 0 fully saturated rings. The van der Waals surface area contributed by atoms with Crippen molar-refractivity contribution in [2.24, 2.45) is 0 Å². The largest absolute Gasteiger partial charge is 0.362 e. The highest BCUT2D eigenvalue weighted by molar-refractivity contribution is 5.69. The maximum Gasteiger partial charge on any atom is 0.0394 e. The van der Waals surface area contributed by atoms with E-state index < -0.39 is 0 Å². The van der Waals surface area contributed by atoms with Crippen LogP contribution in [0.1, 0.15) is 0 Å². The smallest absolute Gasteiger partial charge is 0.0394 e. The molecular weight excluding hydrogens is 112 g/mol. The molecule has 1 aliphatic heterocycles. The molecule has 1 heterocycles. The van der Waals surface area contributed by atoms with Gasteiger partial charge in [-0.3, -0.25) is 0 Å². The number of nitrogens with one attached hydrogen (secondary N) is 2. The van der Waals surface area contributed by atoms with Crippen molar-refractivity contribution in [2.45, 2.75) is 0 Å². The summed E-state index contributed by atoms with van der Waals surface area (Å²) in [7, 11) is 0. The highest BCUT2D eigenvalue weighted by Crippen LogP contribution is 1.95. The Morgan fingerprint density at radius 2 is 2.33 bits per heavy atom. The average molecular weight is 120 g/mol. The molecule has 0 aromatic rings. The molecule has 1 aliphatic rings. The van der Waals surface area contributed by atoms with Crippen molar-refractivity contribution < 1.29 is 0 Å². The molecule has 2 heteroatoms. The maximum absolute atomic E-state index is 6.74. The Labute approximate surface area is 54.1 Å². The van der Waals surface area contributed by atoms with Crippen molar-refractivity contribution in [3.8, 4) is 0 Å². The predicted octanol–water partition coefficient (Wildman–Crippen LogP) is 1.19. The minimum Gasteiger partial charge on any atom is -0.362 e. The van der Waals surface area contributed by atoms with Gasteiger partial charge in [-0.1, -0.05) is 6.08 Å². The van der Waals surface area contributed by atoms with Crippen LogP contribution in [0.5, 0.6) is 0 Å². The van der Waals surface area contributed by atoms with E-state index in [1.807, 2.05) is 24.4 Å². The van der Waals surface area contributed by atoms with E-state index >= 15 is 0 Å². The lowest BCUT2D eigenvalue weighted by Gasteiger charge is -2.01. The van der Waals surface area contributed by atoms with Crippen LogP contribution in [0.25, 0.3) is 0 Å². The fourth-order valence-corrected chi connectivity index (χ4v) is 0.601. The van der Waals surface area contributed by atoms with E-state index in [9.17, 15) is 0 Å². The van der Waals surface area contributed by atoms with E-state index in [1.165, 1.54) is 6.21 Å². The first kappa shape index (κ1) is 5.82. The van der Waals surface area contributed by atoms with Gasteiger partial charge in [-0.25, -0.2) is 0 Å². The van der Waals surface area contributed by atoms with Crippen molar-refractivity contribution in [3.05, 3.63) is 36.2 Å². The molecule has 9 heavy (non-hydrogen) atoms. The standard InChI is InChI=1S/C7H8N2/c8-5-4-7-3-1-2-6-9-7/h1-6,8-9H/b7-4-,8-5?. The van der Waals surface area contributed by atoms with Crippen LogP contribution in [0, 0.1) is 5.41 Å². The Morgan fingerprint density at radius 3 is 2.89 bits per heavy atom. The summed E-state index contributed by atoms with van der Waals surface area (Å²) in [4.78, 5) is 0. The van der Waals surface area contributed by atoms with E-state index in [1.54, 1.807) is 6.08 Å². The van der Waals surface area contributed by atoms with Gasteiger partial charge in [0.1, 0.15) is 0 Å². The van der Waals surface area contributed by atoms with E-state index in [-0.39, 0.29) is 0 Å². The maximum atomic E-state index is 6.74. The van der Waals surface area contributed by atoms with Crippen LogP contribution in [0.2, 0.25) is 0 Å². The first-order chi connectivity index (χ1) is 4.43. The van der Waals surface area contributed by atoms with Crippen LogP contribution in [0.15, 0.2) is 36.2 Å².